The summed E-state index contributed by atoms with van der Waals surface area (Å²) in [5, 5.41) is 5.96. The lowest BCUT2D eigenvalue weighted by Gasteiger charge is -2.24. The van der Waals surface area contributed by atoms with E-state index in [4.69, 9.17) is 0 Å². The average molecular weight is 395 g/mol. The van der Waals surface area contributed by atoms with Gasteiger partial charge >= 0.3 is 5.76 Å². The van der Waals surface area contributed by atoms with Crippen molar-refractivity contribution in [3.63, 3.8) is 0 Å². The highest BCUT2D eigenvalue weighted by Crippen LogP contribution is 2.33. The fourth-order valence-electron chi connectivity index (χ4n) is 3.60. The molecule has 1 heterocycles. The van der Waals surface area contributed by atoms with E-state index in [1.165, 1.54) is 18.6 Å². The number of alkyl halides is 2. The van der Waals surface area contributed by atoms with Crippen molar-refractivity contribution in [2.45, 2.75) is 54.8 Å². The molecular formula is C16H21ClF2N2O3S. The molecule has 0 bridgehead atoms. The lowest BCUT2D eigenvalue weighted by atomic mass is 9.85. The van der Waals surface area contributed by atoms with E-state index < -0.39 is 20.5 Å². The van der Waals surface area contributed by atoms with Gasteiger partial charge in [-0.1, -0.05) is 18.9 Å². The molecule has 2 fully saturated rings. The maximum Gasteiger partial charge on any atom is 0.341 e. The van der Waals surface area contributed by atoms with Gasteiger partial charge in [0.15, 0.2) is 0 Å². The Bertz CT molecular complexity index is 716. The van der Waals surface area contributed by atoms with Gasteiger partial charge in [-0.3, -0.25) is 4.79 Å². The predicted molar refractivity (Wildman–Crippen MR) is 92.8 cm³/mol. The zero-order chi connectivity index (χ0) is 17.3. The summed E-state index contributed by atoms with van der Waals surface area (Å²) in [5.41, 5.74) is 0.207. The second-order valence-electron chi connectivity index (χ2n) is 6.43. The fourth-order valence-corrected chi connectivity index (χ4v) is 4.37. The third-order valence-corrected chi connectivity index (χ3v) is 6.22. The molecule has 2 N–H and O–H groups in total. The molecule has 25 heavy (non-hydrogen) atoms. The van der Waals surface area contributed by atoms with Crippen LogP contribution in [0, 0.1) is 5.92 Å². The van der Waals surface area contributed by atoms with Gasteiger partial charge in [-0.05, 0) is 43.4 Å². The van der Waals surface area contributed by atoms with E-state index in [0.29, 0.717) is 12.0 Å². The van der Waals surface area contributed by atoms with Crippen LogP contribution in [-0.2, 0) is 14.6 Å². The maximum absolute atomic E-state index is 12.6. The van der Waals surface area contributed by atoms with Crippen LogP contribution in [0.25, 0.3) is 0 Å². The van der Waals surface area contributed by atoms with Crippen molar-refractivity contribution in [2.75, 3.05) is 5.32 Å². The Kier molecular flexibility index (Phi) is 6.40. The minimum atomic E-state index is -4.67. The standard InChI is InChI=1S/C16H20F2N2O3S.ClH/c17-16(18)24(22,23)12-6-3-5-11(9-12)19-15(21)14-8-10-4-1-2-7-13(10)20-14;/h3,5-6,9-10,13-14,16,20H,1-2,4,7-8H2,(H,19,21);1H. The summed E-state index contributed by atoms with van der Waals surface area (Å²) >= 11 is 0. The summed E-state index contributed by atoms with van der Waals surface area (Å²) in [4.78, 5) is 11.9. The molecule has 1 saturated carbocycles. The van der Waals surface area contributed by atoms with Gasteiger partial charge in [0.1, 0.15) is 0 Å². The van der Waals surface area contributed by atoms with Gasteiger partial charge in [-0.15, -0.1) is 12.4 Å². The number of carbonyl (C=O) groups excluding carboxylic acids is 1. The molecule has 1 saturated heterocycles. The van der Waals surface area contributed by atoms with Crippen LogP contribution in [-0.4, -0.2) is 32.2 Å². The number of nitrogens with one attached hydrogen (secondary N) is 2. The third kappa shape index (κ3) is 4.30. The number of hydrogen-bond acceptors (Lipinski definition) is 4. The Labute approximate surface area is 151 Å². The fraction of sp³-hybridized carbons (Fsp3) is 0.562. The highest BCUT2D eigenvalue weighted by Gasteiger charge is 2.38. The minimum absolute atomic E-state index is 0. The molecule has 140 valence electrons. The van der Waals surface area contributed by atoms with Crippen molar-refractivity contribution in [3.8, 4) is 0 Å². The summed E-state index contributed by atoms with van der Waals surface area (Å²) in [5.74, 6) is -3.24. The Morgan fingerprint density at radius 1 is 1.24 bits per heavy atom. The lowest BCUT2D eigenvalue weighted by Crippen LogP contribution is -2.39. The van der Waals surface area contributed by atoms with Gasteiger partial charge in [0, 0.05) is 11.7 Å². The van der Waals surface area contributed by atoms with Crippen molar-refractivity contribution in [1.82, 2.24) is 5.32 Å². The highest BCUT2D eigenvalue weighted by molar-refractivity contribution is 7.91. The molecular weight excluding hydrogens is 374 g/mol. The summed E-state index contributed by atoms with van der Waals surface area (Å²) in [7, 11) is -4.67. The summed E-state index contributed by atoms with van der Waals surface area (Å²) in [6.45, 7) is 0. The second kappa shape index (κ2) is 7.97. The number of halogens is 3. The van der Waals surface area contributed by atoms with Crippen LogP contribution in [0.3, 0.4) is 0 Å². The molecule has 5 nitrogen and oxygen atoms in total. The van der Waals surface area contributed by atoms with Gasteiger partial charge in [0.2, 0.25) is 15.7 Å². The van der Waals surface area contributed by atoms with Crippen LogP contribution < -0.4 is 10.6 Å². The molecule has 1 aromatic carbocycles. The number of rotatable bonds is 4. The SMILES string of the molecule is Cl.O=C(Nc1cccc(S(=O)(=O)C(F)F)c1)C1CC2CCCCC2N1. The first-order valence-corrected chi connectivity index (χ1v) is 9.61. The van der Waals surface area contributed by atoms with Crippen molar-refractivity contribution in [2.24, 2.45) is 5.92 Å². The molecule has 3 rings (SSSR count). The number of anilines is 1. The molecule has 9 heteroatoms. The largest absolute Gasteiger partial charge is 0.341 e. The Hall–Kier alpha value is -1.25. The van der Waals surface area contributed by atoms with E-state index in [1.807, 2.05) is 0 Å². The van der Waals surface area contributed by atoms with Gasteiger partial charge in [0.25, 0.3) is 0 Å². The molecule has 1 amide bonds. The molecule has 1 aliphatic heterocycles. The molecule has 1 aromatic rings. The summed E-state index contributed by atoms with van der Waals surface area (Å²) < 4.78 is 48.3. The van der Waals surface area contributed by atoms with Crippen molar-refractivity contribution in [1.29, 1.82) is 0 Å². The van der Waals surface area contributed by atoms with Gasteiger partial charge in [-0.2, -0.15) is 8.78 Å². The van der Waals surface area contributed by atoms with Crippen LogP contribution in [0.2, 0.25) is 0 Å². The average Bonchev–Trinajstić information content (AvgIpc) is 2.99. The number of sulfone groups is 1. The monoisotopic (exact) mass is 394 g/mol. The van der Waals surface area contributed by atoms with E-state index in [1.54, 1.807) is 0 Å². The normalized spacial score (nSPS) is 26.0. The quantitative estimate of drug-likeness (QED) is 0.823. The molecule has 2 aliphatic rings. The first kappa shape index (κ1) is 20.1. The molecule has 1 aliphatic carbocycles. The zero-order valence-electron chi connectivity index (χ0n) is 13.5. The lowest BCUT2D eigenvalue weighted by molar-refractivity contribution is -0.117. The first-order chi connectivity index (χ1) is 11.4. The maximum atomic E-state index is 12.6. The topological polar surface area (TPSA) is 75.3 Å². The second-order valence-corrected chi connectivity index (χ2v) is 8.35. The summed E-state index contributed by atoms with van der Waals surface area (Å²) in [6, 6.07) is 5.03. The Morgan fingerprint density at radius 3 is 2.64 bits per heavy atom. The highest BCUT2D eigenvalue weighted by atomic mass is 35.5. The number of fused-ring (bicyclic) bond motifs is 1. The number of benzene rings is 1. The molecule has 3 unspecified atom stereocenters. The van der Waals surface area contributed by atoms with Crippen molar-refractivity contribution < 1.29 is 22.0 Å². The van der Waals surface area contributed by atoms with E-state index in [9.17, 15) is 22.0 Å². The molecule has 3 atom stereocenters. The Balaban J connectivity index is 0.00000225. The van der Waals surface area contributed by atoms with E-state index in [2.05, 4.69) is 10.6 Å². The molecule has 0 spiro atoms. The number of amides is 1. The van der Waals surface area contributed by atoms with E-state index in [0.717, 1.165) is 37.8 Å². The number of hydrogen-bond donors (Lipinski definition) is 2. The van der Waals surface area contributed by atoms with Gasteiger partial charge < -0.3 is 10.6 Å². The van der Waals surface area contributed by atoms with Crippen LogP contribution >= 0.6 is 12.4 Å². The smallest absolute Gasteiger partial charge is 0.325 e. The van der Waals surface area contributed by atoms with Gasteiger partial charge in [-0.25, -0.2) is 8.42 Å². The summed E-state index contributed by atoms with van der Waals surface area (Å²) in [6.07, 6.45) is 5.28. The minimum Gasteiger partial charge on any atom is -0.325 e. The van der Waals surface area contributed by atoms with Gasteiger partial charge in [0.05, 0.1) is 10.9 Å². The predicted octanol–water partition coefficient (Wildman–Crippen LogP) is 2.96. The van der Waals surface area contributed by atoms with E-state index in [-0.39, 0.29) is 30.0 Å². The Morgan fingerprint density at radius 2 is 1.96 bits per heavy atom. The number of carbonyl (C=O) groups is 1. The molecule has 0 aromatic heterocycles. The third-order valence-electron chi connectivity index (χ3n) is 4.84. The van der Waals surface area contributed by atoms with Crippen LogP contribution in [0.4, 0.5) is 14.5 Å². The first-order valence-electron chi connectivity index (χ1n) is 8.07. The molecule has 0 radical (unpaired) electrons. The van der Waals surface area contributed by atoms with Crippen LogP contribution in [0.5, 0.6) is 0 Å². The van der Waals surface area contributed by atoms with E-state index >= 15 is 0 Å². The van der Waals surface area contributed by atoms with Crippen LogP contribution in [0.15, 0.2) is 29.2 Å². The van der Waals surface area contributed by atoms with Crippen LogP contribution in [0.1, 0.15) is 32.1 Å². The van der Waals surface area contributed by atoms with Crippen molar-refractivity contribution >= 4 is 33.8 Å². The zero-order valence-corrected chi connectivity index (χ0v) is 15.1. The van der Waals surface area contributed by atoms with Crippen molar-refractivity contribution in [3.05, 3.63) is 24.3 Å².